The van der Waals surface area contributed by atoms with E-state index in [1.165, 1.54) is 0 Å². The first-order valence-corrected chi connectivity index (χ1v) is 8.22. The second-order valence-corrected chi connectivity index (χ2v) is 6.07. The molecule has 2 aromatic rings. The maximum Gasteiger partial charge on any atom is 0.167 e. The third kappa shape index (κ3) is 3.87. The third-order valence-corrected chi connectivity index (χ3v) is 4.47. The van der Waals surface area contributed by atoms with E-state index in [1.807, 2.05) is 44.2 Å². The molecule has 0 fully saturated rings. The standard InChI is InChI=1S/C17H19BrClNO2/c1-4-22-17-13(14(18)7-8-16(17)21-3)10-20-12-6-5-11(2)15(19)9-12/h5-9,20H,4,10H2,1-3H3. The van der Waals surface area contributed by atoms with Gasteiger partial charge < -0.3 is 14.8 Å². The molecule has 0 aromatic heterocycles. The average molecular weight is 385 g/mol. The van der Waals surface area contributed by atoms with Crippen LogP contribution in [-0.4, -0.2) is 13.7 Å². The minimum absolute atomic E-state index is 0.580. The highest BCUT2D eigenvalue weighted by Gasteiger charge is 2.14. The van der Waals surface area contributed by atoms with Gasteiger partial charge in [-0.2, -0.15) is 0 Å². The Kier molecular flexibility index (Phi) is 5.98. The number of rotatable bonds is 6. The predicted molar refractivity (Wildman–Crippen MR) is 95.4 cm³/mol. The van der Waals surface area contributed by atoms with Crippen LogP contribution in [0.25, 0.3) is 0 Å². The zero-order chi connectivity index (χ0) is 16.1. The third-order valence-electron chi connectivity index (χ3n) is 3.32. The van der Waals surface area contributed by atoms with Crippen LogP contribution in [0.1, 0.15) is 18.1 Å². The van der Waals surface area contributed by atoms with Gasteiger partial charge in [0.25, 0.3) is 0 Å². The highest BCUT2D eigenvalue weighted by molar-refractivity contribution is 9.10. The van der Waals surface area contributed by atoms with Gasteiger partial charge in [-0.1, -0.05) is 33.6 Å². The molecule has 22 heavy (non-hydrogen) atoms. The molecule has 0 saturated heterocycles. The molecule has 0 heterocycles. The summed E-state index contributed by atoms with van der Waals surface area (Å²) in [4.78, 5) is 0. The lowest BCUT2D eigenvalue weighted by Crippen LogP contribution is -2.06. The Balaban J connectivity index is 2.26. The molecular weight excluding hydrogens is 366 g/mol. The number of hydrogen-bond acceptors (Lipinski definition) is 3. The van der Waals surface area contributed by atoms with Crippen LogP contribution in [0.4, 0.5) is 5.69 Å². The fraction of sp³-hybridized carbons (Fsp3) is 0.294. The summed E-state index contributed by atoms with van der Waals surface area (Å²) in [6.07, 6.45) is 0. The molecule has 0 saturated carbocycles. The Morgan fingerprint density at radius 1 is 1.23 bits per heavy atom. The van der Waals surface area contributed by atoms with Crippen LogP contribution in [0.15, 0.2) is 34.8 Å². The summed E-state index contributed by atoms with van der Waals surface area (Å²) in [5.41, 5.74) is 3.04. The van der Waals surface area contributed by atoms with Crippen molar-refractivity contribution in [3.8, 4) is 11.5 Å². The van der Waals surface area contributed by atoms with Crippen molar-refractivity contribution in [3.63, 3.8) is 0 Å². The lowest BCUT2D eigenvalue weighted by molar-refractivity contribution is 0.307. The number of ether oxygens (including phenoxy) is 2. The quantitative estimate of drug-likeness (QED) is 0.720. The lowest BCUT2D eigenvalue weighted by Gasteiger charge is -2.17. The molecule has 0 spiro atoms. The van der Waals surface area contributed by atoms with Crippen molar-refractivity contribution >= 4 is 33.2 Å². The van der Waals surface area contributed by atoms with Gasteiger partial charge in [-0.3, -0.25) is 0 Å². The second-order valence-electron chi connectivity index (χ2n) is 4.81. The van der Waals surface area contributed by atoms with Crippen molar-refractivity contribution < 1.29 is 9.47 Å². The first-order valence-electron chi connectivity index (χ1n) is 7.05. The van der Waals surface area contributed by atoms with E-state index < -0.39 is 0 Å². The maximum atomic E-state index is 6.16. The number of methoxy groups -OCH3 is 1. The number of hydrogen-bond donors (Lipinski definition) is 1. The molecule has 0 aliphatic rings. The minimum Gasteiger partial charge on any atom is -0.493 e. The van der Waals surface area contributed by atoms with Crippen molar-refractivity contribution in [2.24, 2.45) is 0 Å². The van der Waals surface area contributed by atoms with Gasteiger partial charge in [-0.05, 0) is 43.7 Å². The van der Waals surface area contributed by atoms with E-state index in [1.54, 1.807) is 7.11 Å². The molecule has 5 heteroatoms. The normalized spacial score (nSPS) is 10.4. The number of halogens is 2. The fourth-order valence-corrected chi connectivity index (χ4v) is 2.74. The molecule has 0 radical (unpaired) electrons. The highest BCUT2D eigenvalue weighted by atomic mass is 79.9. The molecule has 118 valence electrons. The van der Waals surface area contributed by atoms with Crippen molar-refractivity contribution in [2.75, 3.05) is 19.0 Å². The molecule has 0 aliphatic carbocycles. The molecule has 0 bridgehead atoms. The Bertz CT molecular complexity index is 661. The first kappa shape index (κ1) is 17.0. The number of benzene rings is 2. The van der Waals surface area contributed by atoms with Gasteiger partial charge in [0.15, 0.2) is 11.5 Å². The zero-order valence-electron chi connectivity index (χ0n) is 12.9. The molecular formula is C17H19BrClNO2. The van der Waals surface area contributed by atoms with Gasteiger partial charge in [0, 0.05) is 27.3 Å². The molecule has 0 atom stereocenters. The topological polar surface area (TPSA) is 30.5 Å². The Morgan fingerprint density at radius 2 is 2.00 bits per heavy atom. The molecule has 0 amide bonds. The van der Waals surface area contributed by atoms with E-state index >= 15 is 0 Å². The van der Waals surface area contributed by atoms with Gasteiger partial charge in [0.1, 0.15) is 0 Å². The summed E-state index contributed by atoms with van der Waals surface area (Å²) in [6.45, 7) is 5.12. The van der Waals surface area contributed by atoms with Gasteiger partial charge in [-0.15, -0.1) is 0 Å². The number of aryl methyl sites for hydroxylation is 1. The average Bonchev–Trinajstić information content (AvgIpc) is 2.50. The minimum atomic E-state index is 0.580. The van der Waals surface area contributed by atoms with Crippen LogP contribution in [-0.2, 0) is 6.54 Å². The smallest absolute Gasteiger partial charge is 0.167 e. The van der Waals surface area contributed by atoms with E-state index in [2.05, 4.69) is 21.2 Å². The number of nitrogens with one attached hydrogen (secondary N) is 1. The van der Waals surface area contributed by atoms with Crippen LogP contribution in [0.5, 0.6) is 11.5 Å². The molecule has 2 aromatic carbocycles. The molecule has 0 unspecified atom stereocenters. The zero-order valence-corrected chi connectivity index (χ0v) is 15.2. The molecule has 2 rings (SSSR count). The van der Waals surface area contributed by atoms with Crippen LogP contribution >= 0.6 is 27.5 Å². The summed E-state index contributed by atoms with van der Waals surface area (Å²) in [7, 11) is 1.64. The predicted octanol–water partition coefficient (Wildman–Crippen LogP) is 5.43. The maximum absolute atomic E-state index is 6.16. The monoisotopic (exact) mass is 383 g/mol. The lowest BCUT2D eigenvalue weighted by atomic mass is 10.1. The first-order chi connectivity index (χ1) is 10.6. The van der Waals surface area contributed by atoms with E-state index in [0.717, 1.165) is 37.8 Å². The fourth-order valence-electron chi connectivity index (χ4n) is 2.10. The Hall–Kier alpha value is -1.39. The van der Waals surface area contributed by atoms with E-state index in [-0.39, 0.29) is 0 Å². The van der Waals surface area contributed by atoms with Crippen LogP contribution < -0.4 is 14.8 Å². The van der Waals surface area contributed by atoms with Crippen LogP contribution in [0.3, 0.4) is 0 Å². The summed E-state index contributed by atoms with van der Waals surface area (Å²) in [5.74, 6) is 1.48. The van der Waals surface area contributed by atoms with Gasteiger partial charge in [-0.25, -0.2) is 0 Å². The molecule has 1 N–H and O–H groups in total. The van der Waals surface area contributed by atoms with Crippen LogP contribution in [0.2, 0.25) is 5.02 Å². The number of anilines is 1. The summed E-state index contributed by atoms with van der Waals surface area (Å²) < 4.78 is 12.1. The van der Waals surface area contributed by atoms with E-state index in [0.29, 0.717) is 13.2 Å². The van der Waals surface area contributed by atoms with E-state index in [9.17, 15) is 0 Å². The molecule has 3 nitrogen and oxygen atoms in total. The summed E-state index contributed by atoms with van der Waals surface area (Å²) in [5, 5.41) is 4.12. The van der Waals surface area contributed by atoms with Gasteiger partial charge >= 0.3 is 0 Å². The largest absolute Gasteiger partial charge is 0.493 e. The molecule has 0 aliphatic heterocycles. The second kappa shape index (κ2) is 7.75. The summed E-state index contributed by atoms with van der Waals surface area (Å²) in [6, 6.07) is 9.78. The summed E-state index contributed by atoms with van der Waals surface area (Å²) >= 11 is 9.74. The SMILES string of the molecule is CCOc1c(OC)ccc(Br)c1CNc1ccc(C)c(Cl)c1. The van der Waals surface area contributed by atoms with E-state index in [4.69, 9.17) is 21.1 Å². The Labute approximate surface area is 144 Å². The highest BCUT2D eigenvalue weighted by Crippen LogP contribution is 2.36. The van der Waals surface area contributed by atoms with Gasteiger partial charge in [0.2, 0.25) is 0 Å². The van der Waals surface area contributed by atoms with Crippen molar-refractivity contribution in [1.29, 1.82) is 0 Å². The Morgan fingerprint density at radius 3 is 2.64 bits per heavy atom. The van der Waals surface area contributed by atoms with Crippen molar-refractivity contribution in [2.45, 2.75) is 20.4 Å². The van der Waals surface area contributed by atoms with Crippen LogP contribution in [0, 0.1) is 6.92 Å². The van der Waals surface area contributed by atoms with Crippen molar-refractivity contribution in [3.05, 3.63) is 51.0 Å². The van der Waals surface area contributed by atoms with Crippen molar-refractivity contribution in [1.82, 2.24) is 0 Å². The van der Waals surface area contributed by atoms with Gasteiger partial charge in [0.05, 0.1) is 13.7 Å².